The number of nitrogens with zero attached hydrogens (tertiary/aromatic N) is 3. The molecule has 0 bridgehead atoms. The van der Waals surface area contributed by atoms with Crippen LogP contribution in [0.15, 0.2) is 24.3 Å². The van der Waals surface area contributed by atoms with Crippen molar-refractivity contribution in [1.29, 1.82) is 0 Å². The van der Waals surface area contributed by atoms with Gasteiger partial charge in [-0.2, -0.15) is 0 Å². The average Bonchev–Trinajstić information content (AvgIpc) is 2.54. The maximum absolute atomic E-state index is 13.7. The molecule has 5 heteroatoms. The number of rotatable bonds is 7. The van der Waals surface area contributed by atoms with Crippen LogP contribution in [0, 0.1) is 11.7 Å². The highest BCUT2D eigenvalue weighted by Gasteiger charge is 2.22. The molecule has 1 amide bonds. The maximum Gasteiger partial charge on any atom is 0.236 e. The summed E-state index contributed by atoms with van der Waals surface area (Å²) in [4.78, 5) is 18.2. The Bertz CT molecular complexity index is 535. The van der Waals surface area contributed by atoms with Gasteiger partial charge in [0.2, 0.25) is 5.91 Å². The highest BCUT2D eigenvalue weighted by Crippen LogP contribution is 2.18. The van der Waals surface area contributed by atoms with Gasteiger partial charge in [-0.25, -0.2) is 4.39 Å². The van der Waals surface area contributed by atoms with Gasteiger partial charge in [-0.05, 0) is 57.5 Å². The number of likely N-dealkylation sites (N-methyl/N-ethyl adjacent to an activating group) is 2. The molecule has 1 atom stereocenters. The molecule has 134 valence electrons. The quantitative estimate of drug-likeness (QED) is 0.763. The van der Waals surface area contributed by atoms with Crippen LogP contribution in [0.2, 0.25) is 0 Å². The van der Waals surface area contributed by atoms with Crippen LogP contribution in [0.4, 0.5) is 4.39 Å². The lowest BCUT2D eigenvalue weighted by atomic mass is 9.97. The van der Waals surface area contributed by atoms with Crippen LogP contribution in [0.25, 0.3) is 0 Å². The second-order valence-corrected chi connectivity index (χ2v) is 7.16. The second-order valence-electron chi connectivity index (χ2n) is 7.16. The molecule has 0 saturated carbocycles. The molecule has 1 fully saturated rings. The molecule has 0 aromatic heterocycles. The van der Waals surface area contributed by atoms with Gasteiger partial charge in [-0.3, -0.25) is 4.79 Å². The Morgan fingerprint density at radius 2 is 2.04 bits per heavy atom. The molecule has 2 rings (SSSR count). The monoisotopic (exact) mass is 335 g/mol. The van der Waals surface area contributed by atoms with E-state index < -0.39 is 0 Å². The maximum atomic E-state index is 13.7. The van der Waals surface area contributed by atoms with E-state index in [0.717, 1.165) is 51.0 Å². The van der Waals surface area contributed by atoms with Crippen molar-refractivity contribution in [3.05, 3.63) is 35.6 Å². The first kappa shape index (κ1) is 18.9. The van der Waals surface area contributed by atoms with Gasteiger partial charge in [0, 0.05) is 26.7 Å². The largest absolute Gasteiger partial charge is 0.344 e. The summed E-state index contributed by atoms with van der Waals surface area (Å²) >= 11 is 0. The zero-order valence-corrected chi connectivity index (χ0v) is 15.2. The number of amides is 1. The molecule has 1 heterocycles. The van der Waals surface area contributed by atoms with E-state index in [9.17, 15) is 9.18 Å². The molecule has 0 aliphatic carbocycles. The highest BCUT2D eigenvalue weighted by atomic mass is 19.1. The fourth-order valence-corrected chi connectivity index (χ4v) is 3.36. The number of piperidine rings is 1. The van der Waals surface area contributed by atoms with Crippen molar-refractivity contribution in [3.63, 3.8) is 0 Å². The van der Waals surface area contributed by atoms with Crippen LogP contribution >= 0.6 is 0 Å². The lowest BCUT2D eigenvalue weighted by Crippen LogP contribution is -2.44. The average molecular weight is 335 g/mol. The number of halogens is 1. The summed E-state index contributed by atoms with van der Waals surface area (Å²) in [5.41, 5.74) is 0.790. The van der Waals surface area contributed by atoms with Crippen LogP contribution in [-0.2, 0) is 11.2 Å². The van der Waals surface area contributed by atoms with E-state index in [-0.39, 0.29) is 11.7 Å². The van der Waals surface area contributed by atoms with Crippen LogP contribution in [0.1, 0.15) is 18.4 Å². The van der Waals surface area contributed by atoms with Crippen molar-refractivity contribution in [2.45, 2.75) is 19.3 Å². The molecular weight excluding hydrogens is 305 g/mol. The first-order valence-corrected chi connectivity index (χ1v) is 8.80. The summed E-state index contributed by atoms with van der Waals surface area (Å²) < 4.78 is 13.7. The third-order valence-electron chi connectivity index (χ3n) is 4.67. The molecule has 1 aromatic carbocycles. The Morgan fingerprint density at radius 1 is 1.29 bits per heavy atom. The van der Waals surface area contributed by atoms with Crippen LogP contribution in [0.3, 0.4) is 0 Å². The van der Waals surface area contributed by atoms with Crippen LogP contribution in [-0.4, -0.2) is 74.5 Å². The van der Waals surface area contributed by atoms with Crippen molar-refractivity contribution >= 4 is 5.91 Å². The molecule has 0 spiro atoms. The third kappa shape index (κ3) is 5.87. The van der Waals surface area contributed by atoms with E-state index in [4.69, 9.17) is 0 Å². The SMILES string of the molecule is CN(C)CC(=O)N(C)C[C@H]1CCCN(CCc2ccccc2F)C1. The Labute approximate surface area is 145 Å². The molecule has 4 nitrogen and oxygen atoms in total. The van der Waals surface area contributed by atoms with E-state index in [1.165, 1.54) is 6.07 Å². The number of carbonyl (C=O) groups excluding carboxylic acids is 1. The molecule has 1 saturated heterocycles. The number of likely N-dealkylation sites (tertiary alicyclic amines) is 1. The van der Waals surface area contributed by atoms with Gasteiger partial charge < -0.3 is 14.7 Å². The van der Waals surface area contributed by atoms with Gasteiger partial charge >= 0.3 is 0 Å². The van der Waals surface area contributed by atoms with Gasteiger partial charge in [0.05, 0.1) is 6.54 Å². The Balaban J connectivity index is 1.79. The fraction of sp³-hybridized carbons (Fsp3) is 0.632. The van der Waals surface area contributed by atoms with E-state index in [1.54, 1.807) is 6.07 Å². The van der Waals surface area contributed by atoms with Crippen LogP contribution in [0.5, 0.6) is 0 Å². The van der Waals surface area contributed by atoms with Crippen molar-refractivity contribution in [2.24, 2.45) is 5.92 Å². The molecule has 24 heavy (non-hydrogen) atoms. The molecule has 0 N–H and O–H groups in total. The van der Waals surface area contributed by atoms with Crippen molar-refractivity contribution in [3.8, 4) is 0 Å². The van der Waals surface area contributed by atoms with E-state index >= 15 is 0 Å². The van der Waals surface area contributed by atoms with Crippen LogP contribution < -0.4 is 0 Å². The zero-order valence-electron chi connectivity index (χ0n) is 15.2. The van der Waals surface area contributed by atoms with Gasteiger partial charge in [-0.1, -0.05) is 18.2 Å². The summed E-state index contributed by atoms with van der Waals surface area (Å²) in [6.07, 6.45) is 3.06. The molecule has 1 aliphatic heterocycles. The minimum absolute atomic E-state index is 0.111. The van der Waals surface area contributed by atoms with Crippen molar-refractivity contribution in [2.75, 3.05) is 53.9 Å². The van der Waals surface area contributed by atoms with E-state index in [2.05, 4.69) is 4.90 Å². The molecule has 0 unspecified atom stereocenters. The Hall–Kier alpha value is -1.46. The molecule has 0 radical (unpaired) electrons. The molecule has 1 aromatic rings. The highest BCUT2D eigenvalue weighted by molar-refractivity contribution is 5.77. The number of hydrogen-bond donors (Lipinski definition) is 0. The summed E-state index contributed by atoms with van der Waals surface area (Å²) in [6, 6.07) is 7.02. The summed E-state index contributed by atoms with van der Waals surface area (Å²) in [6.45, 7) is 4.21. The predicted molar refractivity (Wildman–Crippen MR) is 95.5 cm³/mol. The summed E-state index contributed by atoms with van der Waals surface area (Å²) in [5, 5.41) is 0. The van der Waals surface area contributed by atoms with Gasteiger partial charge in [0.15, 0.2) is 0 Å². The normalized spacial score (nSPS) is 18.8. The minimum Gasteiger partial charge on any atom is -0.344 e. The lowest BCUT2D eigenvalue weighted by Gasteiger charge is -2.35. The van der Waals surface area contributed by atoms with E-state index in [0.29, 0.717) is 12.5 Å². The van der Waals surface area contributed by atoms with Crippen molar-refractivity contribution in [1.82, 2.24) is 14.7 Å². The summed E-state index contributed by atoms with van der Waals surface area (Å²) in [5.74, 6) is 0.569. The summed E-state index contributed by atoms with van der Waals surface area (Å²) in [7, 11) is 5.72. The van der Waals surface area contributed by atoms with Gasteiger partial charge in [0.25, 0.3) is 0 Å². The molecule has 1 aliphatic rings. The Morgan fingerprint density at radius 3 is 2.75 bits per heavy atom. The fourth-order valence-electron chi connectivity index (χ4n) is 3.36. The second kappa shape index (κ2) is 9.14. The third-order valence-corrected chi connectivity index (χ3v) is 4.67. The van der Waals surface area contributed by atoms with E-state index in [1.807, 2.05) is 43.1 Å². The standard InChI is InChI=1S/C19H30FN3O/c1-21(2)15-19(24)22(3)13-16-7-6-11-23(14-16)12-10-17-8-4-5-9-18(17)20/h4-5,8-9,16H,6-7,10-15H2,1-3H3/t16-/m1/s1. The topological polar surface area (TPSA) is 26.8 Å². The first-order chi connectivity index (χ1) is 11.5. The number of benzene rings is 1. The van der Waals surface area contributed by atoms with Gasteiger partial charge in [0.1, 0.15) is 5.82 Å². The lowest BCUT2D eigenvalue weighted by molar-refractivity contribution is -0.131. The number of carbonyl (C=O) groups is 1. The van der Waals surface area contributed by atoms with Crippen molar-refractivity contribution < 1.29 is 9.18 Å². The zero-order chi connectivity index (χ0) is 17.5. The molecular formula is C19H30FN3O. The Kier molecular flexibility index (Phi) is 7.18. The smallest absolute Gasteiger partial charge is 0.236 e. The number of hydrogen-bond acceptors (Lipinski definition) is 3. The van der Waals surface area contributed by atoms with Gasteiger partial charge in [-0.15, -0.1) is 0 Å². The predicted octanol–water partition coefficient (Wildman–Crippen LogP) is 2.10. The first-order valence-electron chi connectivity index (χ1n) is 8.80. The minimum atomic E-state index is -0.111.